The van der Waals surface area contributed by atoms with Crippen LogP contribution in [-0.4, -0.2) is 5.11 Å². The van der Waals surface area contributed by atoms with Crippen molar-refractivity contribution in [3.63, 3.8) is 0 Å². The van der Waals surface area contributed by atoms with E-state index < -0.39 is 0 Å². The predicted octanol–water partition coefficient (Wildman–Crippen LogP) is 1.76. The third kappa shape index (κ3) is 1.47. The lowest BCUT2D eigenvalue weighted by atomic mass is 10.1. The van der Waals surface area contributed by atoms with E-state index in [1.54, 1.807) is 11.3 Å². The van der Waals surface area contributed by atoms with Crippen LogP contribution in [0.3, 0.4) is 0 Å². The molecule has 0 amide bonds. The maximum absolute atomic E-state index is 9.02. The second-order valence-electron chi connectivity index (χ2n) is 3.16. The number of hydrogen-bond donors (Lipinski definition) is 2. The van der Waals surface area contributed by atoms with Gasteiger partial charge in [0.15, 0.2) is 5.11 Å². The molecule has 1 aromatic rings. The molecule has 2 rings (SSSR count). The fourth-order valence-electron chi connectivity index (χ4n) is 1.72. The van der Waals surface area contributed by atoms with Gasteiger partial charge in [0.2, 0.25) is 0 Å². The lowest BCUT2D eigenvalue weighted by molar-refractivity contribution is 0.914. The predicted molar refractivity (Wildman–Crippen MR) is 61.5 cm³/mol. The smallest absolute Gasteiger partial charge is 0.168 e. The van der Waals surface area contributed by atoms with Crippen molar-refractivity contribution < 1.29 is 0 Å². The zero-order valence-electron chi connectivity index (χ0n) is 7.46. The van der Waals surface area contributed by atoms with Gasteiger partial charge in [-0.1, -0.05) is 0 Å². The van der Waals surface area contributed by atoms with Gasteiger partial charge >= 0.3 is 0 Å². The summed E-state index contributed by atoms with van der Waals surface area (Å²) in [5.74, 6) is 0. The molecule has 0 atom stereocenters. The van der Waals surface area contributed by atoms with E-state index in [-0.39, 0.29) is 5.11 Å². The Morgan fingerprint density at radius 1 is 1.57 bits per heavy atom. The molecule has 14 heavy (non-hydrogen) atoms. The van der Waals surface area contributed by atoms with Gasteiger partial charge in [-0.25, -0.2) is 0 Å². The Hall–Kier alpha value is -1.12. The van der Waals surface area contributed by atoms with Crippen molar-refractivity contribution in [3.05, 3.63) is 16.0 Å². The first-order valence-corrected chi connectivity index (χ1v) is 5.56. The molecule has 72 valence electrons. The van der Waals surface area contributed by atoms with Crippen LogP contribution in [0.15, 0.2) is 0 Å². The summed E-state index contributed by atoms with van der Waals surface area (Å²) in [6.07, 6.45) is 3.24. The quantitative estimate of drug-likeness (QED) is 0.712. The number of thiocarbonyl (C=S) groups is 1. The molecule has 0 radical (unpaired) electrons. The minimum atomic E-state index is 0.224. The summed E-state index contributed by atoms with van der Waals surface area (Å²) in [7, 11) is 0. The molecule has 0 saturated heterocycles. The van der Waals surface area contributed by atoms with Gasteiger partial charge < -0.3 is 11.1 Å². The van der Waals surface area contributed by atoms with Crippen LogP contribution in [0, 0.1) is 11.3 Å². The van der Waals surface area contributed by atoms with E-state index in [2.05, 4.69) is 11.4 Å². The molecule has 0 aliphatic heterocycles. The van der Waals surface area contributed by atoms with Crippen LogP contribution < -0.4 is 11.1 Å². The van der Waals surface area contributed by atoms with E-state index >= 15 is 0 Å². The lowest BCUT2D eigenvalue weighted by Gasteiger charge is -2.00. The van der Waals surface area contributed by atoms with Gasteiger partial charge in [-0.15, -0.1) is 11.3 Å². The zero-order valence-corrected chi connectivity index (χ0v) is 9.10. The van der Waals surface area contributed by atoms with Crippen molar-refractivity contribution in [2.24, 2.45) is 5.73 Å². The largest absolute Gasteiger partial charge is 0.376 e. The summed E-state index contributed by atoms with van der Waals surface area (Å²) in [6, 6.07) is 2.21. The highest BCUT2D eigenvalue weighted by atomic mass is 32.1. The van der Waals surface area contributed by atoms with E-state index in [9.17, 15) is 0 Å². The normalized spacial score (nSPS) is 13.4. The SMILES string of the molecule is N#Cc1c(NC(N)=S)sc2c1CCC2. The van der Waals surface area contributed by atoms with Crippen LogP contribution in [0.1, 0.15) is 22.4 Å². The zero-order chi connectivity index (χ0) is 10.1. The van der Waals surface area contributed by atoms with Gasteiger partial charge in [-0.05, 0) is 37.0 Å². The number of aryl methyl sites for hydroxylation is 1. The number of nitriles is 1. The van der Waals surface area contributed by atoms with Crippen LogP contribution in [0.2, 0.25) is 0 Å². The molecule has 0 saturated carbocycles. The summed E-state index contributed by atoms with van der Waals surface area (Å²) < 4.78 is 0. The van der Waals surface area contributed by atoms with Gasteiger partial charge in [-0.3, -0.25) is 0 Å². The minimum absolute atomic E-state index is 0.224. The van der Waals surface area contributed by atoms with E-state index in [4.69, 9.17) is 23.2 Å². The topological polar surface area (TPSA) is 61.8 Å². The van der Waals surface area contributed by atoms with Crippen molar-refractivity contribution in [1.82, 2.24) is 0 Å². The molecule has 5 heteroatoms. The summed E-state index contributed by atoms with van der Waals surface area (Å²) in [5.41, 5.74) is 7.31. The number of rotatable bonds is 1. The average molecular weight is 223 g/mol. The van der Waals surface area contributed by atoms with Gasteiger partial charge in [0, 0.05) is 4.88 Å². The van der Waals surface area contributed by atoms with Crippen LogP contribution >= 0.6 is 23.6 Å². The number of nitrogens with zero attached hydrogens (tertiary/aromatic N) is 1. The van der Waals surface area contributed by atoms with Crippen LogP contribution in [0.5, 0.6) is 0 Å². The molecule has 3 N–H and O–H groups in total. The number of thiophene rings is 1. The minimum Gasteiger partial charge on any atom is -0.376 e. The van der Waals surface area contributed by atoms with E-state index in [1.165, 1.54) is 10.4 Å². The van der Waals surface area contributed by atoms with E-state index in [0.29, 0.717) is 0 Å². The second kappa shape index (κ2) is 3.56. The summed E-state index contributed by atoms with van der Waals surface area (Å²) in [5, 5.41) is 12.9. The molecule has 1 aliphatic rings. The molecule has 1 aromatic heterocycles. The molecule has 3 nitrogen and oxygen atoms in total. The highest BCUT2D eigenvalue weighted by molar-refractivity contribution is 7.80. The fourth-order valence-corrected chi connectivity index (χ4v) is 3.14. The summed E-state index contributed by atoms with van der Waals surface area (Å²) in [6.45, 7) is 0. The van der Waals surface area contributed by atoms with Crippen molar-refractivity contribution in [2.45, 2.75) is 19.3 Å². The fraction of sp³-hybridized carbons (Fsp3) is 0.333. The van der Waals surface area contributed by atoms with E-state index in [1.807, 2.05) is 0 Å². The van der Waals surface area contributed by atoms with Crippen molar-refractivity contribution in [3.8, 4) is 6.07 Å². The molecule has 1 heterocycles. The first-order chi connectivity index (χ1) is 6.72. The van der Waals surface area contributed by atoms with Crippen LogP contribution in [-0.2, 0) is 12.8 Å². The van der Waals surface area contributed by atoms with Crippen LogP contribution in [0.25, 0.3) is 0 Å². The van der Waals surface area contributed by atoms with Crippen LogP contribution in [0.4, 0.5) is 5.00 Å². The first kappa shape index (κ1) is 9.44. The number of fused-ring (bicyclic) bond motifs is 1. The Bertz CT molecular complexity index is 428. The maximum Gasteiger partial charge on any atom is 0.168 e. The Kier molecular flexibility index (Phi) is 2.40. The first-order valence-electron chi connectivity index (χ1n) is 4.33. The monoisotopic (exact) mass is 223 g/mol. The molecule has 0 aromatic carbocycles. The molecule has 0 bridgehead atoms. The van der Waals surface area contributed by atoms with Crippen molar-refractivity contribution in [2.75, 3.05) is 5.32 Å². The Balaban J connectivity index is 2.42. The molecular formula is C9H9N3S2. The van der Waals surface area contributed by atoms with Gasteiger partial charge in [0.1, 0.15) is 11.1 Å². The number of nitrogens with one attached hydrogen (secondary N) is 1. The van der Waals surface area contributed by atoms with Gasteiger partial charge in [0.25, 0.3) is 0 Å². The van der Waals surface area contributed by atoms with Crippen molar-refractivity contribution >= 4 is 33.7 Å². The summed E-state index contributed by atoms with van der Waals surface area (Å²) in [4.78, 5) is 1.31. The highest BCUT2D eigenvalue weighted by Gasteiger charge is 2.21. The lowest BCUT2D eigenvalue weighted by Crippen LogP contribution is -2.18. The summed E-state index contributed by atoms with van der Waals surface area (Å²) >= 11 is 6.36. The van der Waals surface area contributed by atoms with Gasteiger partial charge in [-0.2, -0.15) is 5.26 Å². The molecular weight excluding hydrogens is 214 g/mol. The third-order valence-electron chi connectivity index (χ3n) is 2.27. The molecule has 0 unspecified atom stereocenters. The number of hydrogen-bond acceptors (Lipinski definition) is 3. The number of anilines is 1. The highest BCUT2D eigenvalue weighted by Crippen LogP contribution is 2.38. The second-order valence-corrected chi connectivity index (χ2v) is 4.71. The standard InChI is InChI=1S/C9H9N3S2/c10-4-6-5-2-1-3-7(5)14-8(6)12-9(11)13/h1-3H2,(H3,11,12,13). The Morgan fingerprint density at radius 3 is 3.00 bits per heavy atom. The molecule has 1 aliphatic carbocycles. The van der Waals surface area contributed by atoms with Crippen molar-refractivity contribution in [1.29, 1.82) is 5.26 Å². The average Bonchev–Trinajstić information content (AvgIpc) is 2.62. The molecule has 0 fully saturated rings. The Morgan fingerprint density at radius 2 is 2.36 bits per heavy atom. The van der Waals surface area contributed by atoms with E-state index in [0.717, 1.165) is 29.8 Å². The third-order valence-corrected chi connectivity index (χ3v) is 3.58. The van der Waals surface area contributed by atoms with Gasteiger partial charge in [0.05, 0.1) is 5.56 Å². The Labute approximate surface area is 91.5 Å². The maximum atomic E-state index is 9.02. The molecule has 0 spiro atoms. The number of nitrogens with two attached hydrogens (primary N) is 1.